The van der Waals surface area contributed by atoms with Crippen LogP contribution in [0.25, 0.3) is 0 Å². The van der Waals surface area contributed by atoms with Gasteiger partial charge in [0.2, 0.25) is 0 Å². The molecule has 3 aromatic rings. The molecule has 0 unspecified atom stereocenters. The number of carbonyl (C=O) groups is 1. The standard InChI is InChI=1S/C30H38NO5P/c1-24(2)21-28(30(32)34-3)31-29(20-19-25-13-7-4-8-14-25)37(33,35-22-26-15-9-5-10-16-26)36-23-27-17-11-6-12-18-27/h4-18,24,28-29,31H,19-23H2,1-3H3/t28-,29+/m0/s1. The Morgan fingerprint density at radius 2 is 1.24 bits per heavy atom. The third-order valence-corrected chi connectivity index (χ3v) is 8.17. The molecule has 0 aliphatic rings. The van der Waals surface area contributed by atoms with Crippen LogP contribution in [0.15, 0.2) is 91.0 Å². The smallest absolute Gasteiger partial charge is 0.348 e. The van der Waals surface area contributed by atoms with Crippen LogP contribution < -0.4 is 5.32 Å². The summed E-state index contributed by atoms with van der Waals surface area (Å²) in [5.74, 6) is -0.889. The first-order chi connectivity index (χ1) is 17.9. The lowest BCUT2D eigenvalue weighted by atomic mass is 10.0. The van der Waals surface area contributed by atoms with Gasteiger partial charge in [0.05, 0.1) is 20.3 Å². The van der Waals surface area contributed by atoms with Crippen molar-refractivity contribution in [2.75, 3.05) is 7.11 Å². The van der Waals surface area contributed by atoms with Gasteiger partial charge in [-0.3, -0.25) is 14.7 Å². The molecule has 0 radical (unpaired) electrons. The third kappa shape index (κ3) is 9.56. The fourth-order valence-corrected chi connectivity index (χ4v) is 5.95. The van der Waals surface area contributed by atoms with Gasteiger partial charge in [0.15, 0.2) is 0 Å². The van der Waals surface area contributed by atoms with Gasteiger partial charge in [0.1, 0.15) is 11.8 Å². The maximum atomic E-state index is 14.6. The molecule has 0 saturated heterocycles. The van der Waals surface area contributed by atoms with Gasteiger partial charge in [-0.15, -0.1) is 0 Å². The van der Waals surface area contributed by atoms with Crippen molar-refractivity contribution in [1.82, 2.24) is 5.32 Å². The molecule has 7 heteroatoms. The number of rotatable bonds is 15. The van der Waals surface area contributed by atoms with Crippen LogP contribution in [-0.4, -0.2) is 24.9 Å². The zero-order valence-corrected chi connectivity index (χ0v) is 22.8. The Labute approximate surface area is 220 Å². The Hall–Kier alpha value is -2.76. The van der Waals surface area contributed by atoms with Crippen molar-refractivity contribution in [3.05, 3.63) is 108 Å². The minimum atomic E-state index is -3.76. The second kappa shape index (κ2) is 14.8. The Kier molecular flexibility index (Phi) is 11.6. The molecule has 3 rings (SSSR count). The van der Waals surface area contributed by atoms with Gasteiger partial charge in [-0.05, 0) is 41.9 Å². The van der Waals surface area contributed by atoms with Crippen LogP contribution in [-0.2, 0) is 42.8 Å². The number of ether oxygens (including phenoxy) is 1. The van der Waals surface area contributed by atoms with Gasteiger partial charge in [-0.25, -0.2) is 0 Å². The van der Waals surface area contributed by atoms with Crippen LogP contribution in [0.3, 0.4) is 0 Å². The van der Waals surface area contributed by atoms with Gasteiger partial charge >= 0.3 is 13.6 Å². The number of nitrogens with one attached hydrogen (secondary N) is 1. The summed E-state index contributed by atoms with van der Waals surface area (Å²) in [4.78, 5) is 12.7. The summed E-state index contributed by atoms with van der Waals surface area (Å²) < 4.78 is 31.9. The van der Waals surface area contributed by atoms with Crippen LogP contribution >= 0.6 is 7.60 Å². The Morgan fingerprint density at radius 3 is 1.68 bits per heavy atom. The molecule has 1 N–H and O–H groups in total. The third-order valence-electron chi connectivity index (χ3n) is 6.03. The average molecular weight is 524 g/mol. The van der Waals surface area contributed by atoms with Crippen molar-refractivity contribution < 1.29 is 23.1 Å². The van der Waals surface area contributed by atoms with Gasteiger partial charge in [-0.1, -0.05) is 105 Å². The summed E-state index contributed by atoms with van der Waals surface area (Å²) in [6, 6.07) is 28.5. The minimum absolute atomic E-state index is 0.128. The fourth-order valence-electron chi connectivity index (χ4n) is 4.05. The van der Waals surface area contributed by atoms with E-state index in [-0.39, 0.29) is 19.1 Å². The summed E-state index contributed by atoms with van der Waals surface area (Å²) in [7, 11) is -2.39. The average Bonchev–Trinajstić information content (AvgIpc) is 2.93. The molecule has 0 aromatic heterocycles. The highest BCUT2D eigenvalue weighted by Crippen LogP contribution is 2.55. The maximum absolute atomic E-state index is 14.6. The summed E-state index contributed by atoms with van der Waals surface area (Å²) >= 11 is 0. The van der Waals surface area contributed by atoms with Crippen molar-refractivity contribution in [1.29, 1.82) is 0 Å². The predicted octanol–water partition coefficient (Wildman–Crippen LogP) is 6.75. The van der Waals surface area contributed by atoms with E-state index in [1.807, 2.05) is 105 Å². The molecule has 0 spiro atoms. The van der Waals surface area contributed by atoms with Crippen molar-refractivity contribution >= 4 is 13.6 Å². The SMILES string of the molecule is COC(=O)[C@H](CC(C)C)N[C@@H](CCc1ccccc1)P(=O)(OCc1ccccc1)OCc1ccccc1. The fraction of sp³-hybridized carbons (Fsp3) is 0.367. The Bertz CT molecular complexity index is 1060. The minimum Gasteiger partial charge on any atom is -0.468 e. The second-order valence-corrected chi connectivity index (χ2v) is 11.7. The number of methoxy groups -OCH3 is 1. The van der Waals surface area contributed by atoms with Crippen LogP contribution in [0, 0.1) is 5.92 Å². The summed E-state index contributed by atoms with van der Waals surface area (Å²) in [6.07, 6.45) is 1.63. The number of carbonyl (C=O) groups excluding carboxylic acids is 1. The number of hydrogen-bond acceptors (Lipinski definition) is 6. The molecule has 198 valence electrons. The quantitative estimate of drug-likeness (QED) is 0.175. The molecule has 37 heavy (non-hydrogen) atoms. The van der Waals surface area contributed by atoms with E-state index >= 15 is 0 Å². The van der Waals surface area contributed by atoms with Crippen LogP contribution in [0.5, 0.6) is 0 Å². The highest BCUT2D eigenvalue weighted by Gasteiger charge is 2.39. The molecule has 0 fully saturated rings. The number of benzene rings is 3. The van der Waals surface area contributed by atoms with Crippen molar-refractivity contribution in [2.45, 2.75) is 58.1 Å². The highest BCUT2D eigenvalue weighted by molar-refractivity contribution is 7.54. The molecule has 2 atom stereocenters. The van der Waals surface area contributed by atoms with Crippen molar-refractivity contribution in [3.63, 3.8) is 0 Å². The van der Waals surface area contributed by atoms with E-state index in [2.05, 4.69) is 5.32 Å². The first-order valence-corrected chi connectivity index (χ1v) is 14.3. The lowest BCUT2D eigenvalue weighted by Crippen LogP contribution is -2.45. The zero-order chi connectivity index (χ0) is 26.5. The van der Waals surface area contributed by atoms with E-state index in [4.69, 9.17) is 13.8 Å². The lowest BCUT2D eigenvalue weighted by molar-refractivity contribution is -0.143. The van der Waals surface area contributed by atoms with E-state index < -0.39 is 25.4 Å². The monoisotopic (exact) mass is 523 g/mol. The number of esters is 1. The number of aryl methyl sites for hydroxylation is 1. The molecular formula is C30H38NO5P. The molecular weight excluding hydrogens is 485 g/mol. The van der Waals surface area contributed by atoms with Gasteiger partial charge < -0.3 is 13.8 Å². The molecule has 6 nitrogen and oxygen atoms in total. The Morgan fingerprint density at radius 1 is 0.784 bits per heavy atom. The Balaban J connectivity index is 1.91. The van der Waals surface area contributed by atoms with Crippen molar-refractivity contribution in [3.8, 4) is 0 Å². The highest BCUT2D eigenvalue weighted by atomic mass is 31.2. The first-order valence-electron chi connectivity index (χ1n) is 12.7. The topological polar surface area (TPSA) is 73.9 Å². The van der Waals surface area contributed by atoms with E-state index in [9.17, 15) is 9.36 Å². The van der Waals surface area contributed by atoms with Crippen molar-refractivity contribution in [2.24, 2.45) is 5.92 Å². The molecule has 0 heterocycles. The van der Waals surface area contributed by atoms with Gasteiger partial charge in [0, 0.05) is 0 Å². The molecule has 0 amide bonds. The lowest BCUT2D eigenvalue weighted by Gasteiger charge is -2.31. The van der Waals surface area contributed by atoms with Crippen LogP contribution in [0.1, 0.15) is 43.4 Å². The molecule has 0 saturated carbocycles. The maximum Gasteiger partial charge on any atom is 0.348 e. The molecule has 0 aliphatic carbocycles. The normalized spacial score (nSPS) is 13.3. The predicted molar refractivity (Wildman–Crippen MR) is 147 cm³/mol. The first kappa shape index (κ1) is 28.8. The van der Waals surface area contributed by atoms with E-state index in [1.54, 1.807) is 0 Å². The molecule has 3 aromatic carbocycles. The van der Waals surface area contributed by atoms with Crippen LogP contribution in [0.2, 0.25) is 0 Å². The number of hydrogen-bond donors (Lipinski definition) is 1. The van der Waals surface area contributed by atoms with E-state index in [0.29, 0.717) is 19.3 Å². The molecule has 0 aliphatic heterocycles. The molecule has 0 bridgehead atoms. The summed E-state index contributed by atoms with van der Waals surface area (Å²) in [6.45, 7) is 4.33. The van der Waals surface area contributed by atoms with Gasteiger partial charge in [-0.2, -0.15) is 0 Å². The van der Waals surface area contributed by atoms with Gasteiger partial charge in [0.25, 0.3) is 0 Å². The van der Waals surface area contributed by atoms with E-state index in [0.717, 1.165) is 16.7 Å². The van der Waals surface area contributed by atoms with E-state index in [1.165, 1.54) is 7.11 Å². The second-order valence-electron chi connectivity index (χ2n) is 9.47. The summed E-state index contributed by atoms with van der Waals surface area (Å²) in [5.41, 5.74) is 2.88. The zero-order valence-electron chi connectivity index (χ0n) is 21.9. The largest absolute Gasteiger partial charge is 0.468 e. The summed E-state index contributed by atoms with van der Waals surface area (Å²) in [5, 5.41) is 3.33. The van der Waals surface area contributed by atoms with Crippen LogP contribution in [0.4, 0.5) is 0 Å².